The lowest BCUT2D eigenvalue weighted by molar-refractivity contribution is -0.117. The standard InChI is InChI=1S/C17H22N4OS2/c1-12(13-6-8-18-9-7-13)10-16(22)20-14-2-4-15(5-3-14)24-17-21-19-11-23-17/h2-5,11-13,18H,6-10H2,1H3,(H,20,22). The Labute approximate surface area is 150 Å². The molecule has 0 aliphatic carbocycles. The van der Waals surface area contributed by atoms with E-state index in [4.69, 9.17) is 0 Å². The fraction of sp³-hybridized carbons (Fsp3) is 0.471. The highest BCUT2D eigenvalue weighted by atomic mass is 32.2. The van der Waals surface area contributed by atoms with Gasteiger partial charge in [-0.15, -0.1) is 10.2 Å². The fourth-order valence-corrected chi connectivity index (χ4v) is 4.45. The summed E-state index contributed by atoms with van der Waals surface area (Å²) >= 11 is 3.10. The van der Waals surface area contributed by atoms with E-state index in [0.717, 1.165) is 28.0 Å². The van der Waals surface area contributed by atoms with Crippen molar-refractivity contribution in [2.75, 3.05) is 18.4 Å². The highest BCUT2D eigenvalue weighted by Gasteiger charge is 2.22. The molecule has 24 heavy (non-hydrogen) atoms. The van der Waals surface area contributed by atoms with Crippen molar-refractivity contribution in [3.63, 3.8) is 0 Å². The van der Waals surface area contributed by atoms with Gasteiger partial charge in [0.2, 0.25) is 5.91 Å². The average molecular weight is 363 g/mol. The summed E-state index contributed by atoms with van der Waals surface area (Å²) in [7, 11) is 0. The normalized spacial score (nSPS) is 16.7. The number of benzene rings is 1. The van der Waals surface area contributed by atoms with Gasteiger partial charge in [-0.25, -0.2) is 0 Å². The smallest absolute Gasteiger partial charge is 0.224 e. The van der Waals surface area contributed by atoms with Crippen LogP contribution in [0.1, 0.15) is 26.2 Å². The maximum Gasteiger partial charge on any atom is 0.224 e. The van der Waals surface area contributed by atoms with Gasteiger partial charge in [0, 0.05) is 17.0 Å². The summed E-state index contributed by atoms with van der Waals surface area (Å²) in [5.41, 5.74) is 2.57. The Morgan fingerprint density at radius 2 is 2.12 bits per heavy atom. The predicted molar refractivity (Wildman–Crippen MR) is 98.5 cm³/mol. The van der Waals surface area contributed by atoms with E-state index in [2.05, 4.69) is 27.8 Å². The molecule has 1 atom stereocenters. The van der Waals surface area contributed by atoms with Crippen molar-refractivity contribution in [2.24, 2.45) is 11.8 Å². The van der Waals surface area contributed by atoms with Gasteiger partial charge >= 0.3 is 0 Å². The lowest BCUT2D eigenvalue weighted by atomic mass is 9.84. The van der Waals surface area contributed by atoms with Gasteiger partial charge in [-0.3, -0.25) is 4.79 Å². The number of carbonyl (C=O) groups excluding carboxylic acids is 1. The highest BCUT2D eigenvalue weighted by molar-refractivity contribution is 8.01. The van der Waals surface area contributed by atoms with E-state index in [1.807, 2.05) is 24.3 Å². The van der Waals surface area contributed by atoms with E-state index >= 15 is 0 Å². The van der Waals surface area contributed by atoms with Crippen LogP contribution in [-0.2, 0) is 4.79 Å². The monoisotopic (exact) mass is 362 g/mol. The van der Waals surface area contributed by atoms with Gasteiger partial charge in [0.1, 0.15) is 5.51 Å². The molecule has 1 aromatic heterocycles. The molecule has 0 radical (unpaired) electrons. The van der Waals surface area contributed by atoms with E-state index in [1.54, 1.807) is 17.3 Å². The maximum absolute atomic E-state index is 12.3. The number of carbonyl (C=O) groups is 1. The third-order valence-corrected chi connectivity index (χ3v) is 6.16. The second-order valence-electron chi connectivity index (χ2n) is 6.15. The van der Waals surface area contributed by atoms with Crippen LogP contribution >= 0.6 is 23.1 Å². The Kier molecular flexibility index (Phi) is 6.23. The number of piperidine rings is 1. The third kappa shape index (κ3) is 5.03. The van der Waals surface area contributed by atoms with E-state index in [1.165, 1.54) is 24.2 Å². The Morgan fingerprint density at radius 3 is 2.79 bits per heavy atom. The quantitative estimate of drug-likeness (QED) is 0.821. The van der Waals surface area contributed by atoms with E-state index < -0.39 is 0 Å². The first-order chi connectivity index (χ1) is 11.7. The number of hydrogen-bond donors (Lipinski definition) is 2. The molecule has 128 valence electrons. The van der Waals surface area contributed by atoms with Crippen LogP contribution in [0.4, 0.5) is 5.69 Å². The van der Waals surface area contributed by atoms with Gasteiger partial charge in [0.05, 0.1) is 0 Å². The molecule has 1 unspecified atom stereocenters. The van der Waals surface area contributed by atoms with Gasteiger partial charge in [-0.1, -0.05) is 30.0 Å². The van der Waals surface area contributed by atoms with Gasteiger partial charge in [0.15, 0.2) is 4.34 Å². The largest absolute Gasteiger partial charge is 0.326 e. The van der Waals surface area contributed by atoms with Crippen LogP contribution < -0.4 is 10.6 Å². The van der Waals surface area contributed by atoms with Crippen molar-refractivity contribution in [1.82, 2.24) is 15.5 Å². The zero-order valence-electron chi connectivity index (χ0n) is 13.7. The first-order valence-corrected chi connectivity index (χ1v) is 9.95. The number of nitrogens with zero attached hydrogens (tertiary/aromatic N) is 2. The second kappa shape index (κ2) is 8.60. The lowest BCUT2D eigenvalue weighted by Crippen LogP contribution is -2.32. The molecule has 0 spiro atoms. The molecular weight excluding hydrogens is 340 g/mol. The number of amides is 1. The molecular formula is C17H22N4OS2. The zero-order valence-corrected chi connectivity index (χ0v) is 15.3. The molecule has 2 N–H and O–H groups in total. The minimum atomic E-state index is 0.102. The van der Waals surface area contributed by atoms with Crippen LogP contribution in [0.3, 0.4) is 0 Å². The van der Waals surface area contributed by atoms with Gasteiger partial charge in [-0.2, -0.15) is 0 Å². The Hall–Kier alpha value is -1.44. The number of rotatable bonds is 6. The minimum absolute atomic E-state index is 0.102. The van der Waals surface area contributed by atoms with Crippen molar-refractivity contribution >= 4 is 34.7 Å². The summed E-state index contributed by atoms with van der Waals surface area (Å²) in [5, 5.41) is 14.2. The van der Waals surface area contributed by atoms with Gasteiger partial charge < -0.3 is 10.6 Å². The summed E-state index contributed by atoms with van der Waals surface area (Å²) in [6.07, 6.45) is 2.93. The molecule has 1 aliphatic heterocycles. The van der Waals surface area contributed by atoms with E-state index in [0.29, 0.717) is 18.3 Å². The predicted octanol–water partition coefficient (Wildman–Crippen LogP) is 3.65. The number of anilines is 1. The van der Waals surface area contributed by atoms with E-state index in [9.17, 15) is 4.79 Å². The lowest BCUT2D eigenvalue weighted by Gasteiger charge is -2.27. The van der Waals surface area contributed by atoms with Crippen LogP contribution in [-0.4, -0.2) is 29.2 Å². The fourth-order valence-electron chi connectivity index (χ4n) is 3.00. The molecule has 2 aromatic rings. The molecule has 0 saturated carbocycles. The van der Waals surface area contributed by atoms with E-state index in [-0.39, 0.29) is 5.91 Å². The van der Waals surface area contributed by atoms with Gasteiger partial charge in [-0.05, 0) is 62.0 Å². The van der Waals surface area contributed by atoms with Crippen molar-refractivity contribution < 1.29 is 4.79 Å². The van der Waals surface area contributed by atoms with Crippen LogP contribution in [0, 0.1) is 11.8 Å². The maximum atomic E-state index is 12.3. The Balaban J connectivity index is 1.48. The summed E-state index contributed by atoms with van der Waals surface area (Å²) in [5.74, 6) is 1.19. The Morgan fingerprint density at radius 1 is 1.38 bits per heavy atom. The minimum Gasteiger partial charge on any atom is -0.326 e. The molecule has 7 heteroatoms. The molecule has 5 nitrogen and oxygen atoms in total. The second-order valence-corrected chi connectivity index (χ2v) is 8.30. The van der Waals surface area contributed by atoms with Crippen molar-refractivity contribution in [3.8, 4) is 0 Å². The molecule has 1 fully saturated rings. The van der Waals surface area contributed by atoms with Crippen molar-refractivity contribution in [1.29, 1.82) is 0 Å². The molecule has 1 aromatic carbocycles. The van der Waals surface area contributed by atoms with Crippen LogP contribution in [0.25, 0.3) is 0 Å². The SMILES string of the molecule is CC(CC(=O)Nc1ccc(Sc2nncs2)cc1)C1CCNCC1. The summed E-state index contributed by atoms with van der Waals surface area (Å²) in [6, 6.07) is 7.88. The first kappa shape index (κ1) is 17.4. The zero-order chi connectivity index (χ0) is 16.8. The molecule has 3 rings (SSSR count). The van der Waals surface area contributed by atoms with Crippen LogP contribution in [0.5, 0.6) is 0 Å². The number of nitrogens with one attached hydrogen (secondary N) is 2. The highest BCUT2D eigenvalue weighted by Crippen LogP contribution is 2.29. The first-order valence-electron chi connectivity index (χ1n) is 8.25. The summed E-state index contributed by atoms with van der Waals surface area (Å²) < 4.78 is 0.919. The number of aromatic nitrogens is 2. The molecule has 1 aliphatic rings. The Bertz CT molecular complexity index is 639. The molecule has 0 bridgehead atoms. The molecule has 2 heterocycles. The summed E-state index contributed by atoms with van der Waals surface area (Å²) in [6.45, 7) is 4.34. The topological polar surface area (TPSA) is 66.9 Å². The van der Waals surface area contributed by atoms with Crippen LogP contribution in [0.15, 0.2) is 39.0 Å². The van der Waals surface area contributed by atoms with Crippen molar-refractivity contribution in [3.05, 3.63) is 29.8 Å². The molecule has 1 saturated heterocycles. The number of hydrogen-bond acceptors (Lipinski definition) is 6. The van der Waals surface area contributed by atoms with Gasteiger partial charge in [0.25, 0.3) is 0 Å². The third-order valence-electron chi connectivity index (χ3n) is 4.38. The van der Waals surface area contributed by atoms with Crippen LogP contribution in [0.2, 0.25) is 0 Å². The van der Waals surface area contributed by atoms with Crippen molar-refractivity contribution in [2.45, 2.75) is 35.4 Å². The summed E-state index contributed by atoms with van der Waals surface area (Å²) in [4.78, 5) is 13.3. The molecule has 1 amide bonds. The average Bonchev–Trinajstić information content (AvgIpc) is 3.10.